The van der Waals surface area contributed by atoms with Crippen molar-refractivity contribution < 1.29 is 14.8 Å². The van der Waals surface area contributed by atoms with Crippen molar-refractivity contribution in [1.29, 1.82) is 0 Å². The second-order valence-electron chi connectivity index (χ2n) is 2.67. The van der Waals surface area contributed by atoms with Gasteiger partial charge in [-0.25, -0.2) is 0 Å². The summed E-state index contributed by atoms with van der Waals surface area (Å²) in [7, 11) is 0. The Morgan fingerprint density at radius 2 is 2.06 bits per heavy atom. The van der Waals surface area contributed by atoms with Crippen LogP contribution in [0.3, 0.4) is 0 Å². The van der Waals surface area contributed by atoms with Gasteiger partial charge in [-0.3, -0.25) is 14.9 Å². The first-order valence-corrected chi connectivity index (χ1v) is 4.75. The smallest absolute Gasteiger partial charge is 0.325 e. The Balaban J connectivity index is 0.00000106. The highest BCUT2D eigenvalue weighted by molar-refractivity contribution is 5.75. The molecule has 0 aromatic heterocycles. The molecule has 1 aromatic carbocycles. The quantitative estimate of drug-likeness (QED) is 0.602. The molecule has 3 N–H and O–H groups in total. The number of carboxylic acid groups (broad SMARTS) is 1. The van der Waals surface area contributed by atoms with Crippen LogP contribution in [0.15, 0.2) is 24.3 Å². The number of nitro benzene ring substituents is 1. The van der Waals surface area contributed by atoms with Crippen LogP contribution in [0.1, 0.15) is 25.5 Å². The van der Waals surface area contributed by atoms with Crippen LogP contribution >= 0.6 is 0 Å². The van der Waals surface area contributed by atoms with E-state index in [1.807, 2.05) is 13.8 Å². The molecule has 1 atom stereocenters. The maximum absolute atomic E-state index is 10.5. The number of nitro groups is 1. The van der Waals surface area contributed by atoms with Gasteiger partial charge < -0.3 is 10.8 Å². The van der Waals surface area contributed by atoms with Gasteiger partial charge in [0, 0.05) is 12.1 Å². The van der Waals surface area contributed by atoms with Crippen molar-refractivity contribution in [2.24, 2.45) is 5.73 Å². The number of carboxylic acids is 1. The molecular weight excluding hydrogens is 212 g/mol. The molecule has 0 heterocycles. The second kappa shape index (κ2) is 6.52. The van der Waals surface area contributed by atoms with Crippen molar-refractivity contribution in [3.05, 3.63) is 39.9 Å². The van der Waals surface area contributed by atoms with Crippen LogP contribution in [0.25, 0.3) is 0 Å². The van der Waals surface area contributed by atoms with E-state index in [9.17, 15) is 14.9 Å². The highest BCUT2D eigenvalue weighted by Gasteiger charge is 2.16. The summed E-state index contributed by atoms with van der Waals surface area (Å²) in [6.45, 7) is 4.00. The molecule has 6 heteroatoms. The predicted octanol–water partition coefficient (Wildman–Crippen LogP) is 1.71. The molecular formula is C10H14N2O4. The average molecular weight is 226 g/mol. The predicted molar refractivity (Wildman–Crippen MR) is 59.0 cm³/mol. The van der Waals surface area contributed by atoms with Crippen molar-refractivity contribution in [3.63, 3.8) is 0 Å². The summed E-state index contributed by atoms with van der Waals surface area (Å²) in [5.41, 5.74) is 5.33. The number of non-ortho nitro benzene ring substituents is 1. The van der Waals surface area contributed by atoms with E-state index in [0.29, 0.717) is 0 Å². The minimum Gasteiger partial charge on any atom is -0.480 e. The molecule has 0 aliphatic rings. The van der Waals surface area contributed by atoms with E-state index in [-0.39, 0.29) is 11.3 Å². The van der Waals surface area contributed by atoms with Crippen molar-refractivity contribution in [2.45, 2.75) is 19.9 Å². The molecule has 6 nitrogen and oxygen atoms in total. The van der Waals surface area contributed by atoms with Crippen LogP contribution in [-0.4, -0.2) is 16.0 Å². The lowest BCUT2D eigenvalue weighted by molar-refractivity contribution is -0.384. The molecule has 0 radical (unpaired) electrons. The zero-order valence-corrected chi connectivity index (χ0v) is 9.08. The molecule has 1 rings (SSSR count). The molecule has 1 unspecified atom stereocenters. The minimum absolute atomic E-state index is 0.167. The van der Waals surface area contributed by atoms with E-state index in [4.69, 9.17) is 10.8 Å². The van der Waals surface area contributed by atoms with Gasteiger partial charge >= 0.3 is 5.97 Å². The van der Waals surface area contributed by atoms with E-state index in [1.54, 1.807) is 0 Å². The third-order valence-electron chi connectivity index (χ3n) is 1.71. The van der Waals surface area contributed by atoms with E-state index in [2.05, 4.69) is 0 Å². The maximum atomic E-state index is 10.5. The highest BCUT2D eigenvalue weighted by Crippen LogP contribution is 2.17. The van der Waals surface area contributed by atoms with Gasteiger partial charge in [0.2, 0.25) is 0 Å². The van der Waals surface area contributed by atoms with Crippen LogP contribution < -0.4 is 5.73 Å². The standard InChI is InChI=1S/C8H8N2O4.C2H6/c9-7(8(11)12)5-2-1-3-6(4-5)10(13)14;1-2/h1-4,7H,9H2,(H,11,12);1-2H3. The fraction of sp³-hybridized carbons (Fsp3) is 0.300. The summed E-state index contributed by atoms with van der Waals surface area (Å²) >= 11 is 0. The molecule has 0 spiro atoms. The first-order chi connectivity index (χ1) is 7.52. The lowest BCUT2D eigenvalue weighted by Gasteiger charge is -2.05. The zero-order valence-electron chi connectivity index (χ0n) is 9.08. The summed E-state index contributed by atoms with van der Waals surface area (Å²) < 4.78 is 0. The lowest BCUT2D eigenvalue weighted by Crippen LogP contribution is -2.20. The Hall–Kier alpha value is -1.95. The average Bonchev–Trinajstić information content (AvgIpc) is 2.30. The van der Waals surface area contributed by atoms with Gasteiger partial charge in [0.15, 0.2) is 0 Å². The molecule has 1 aromatic rings. The monoisotopic (exact) mass is 226 g/mol. The van der Waals surface area contributed by atoms with Gasteiger partial charge in [0.25, 0.3) is 5.69 Å². The Kier molecular flexibility index (Phi) is 5.72. The van der Waals surface area contributed by atoms with Crippen LogP contribution in [0.4, 0.5) is 5.69 Å². The Morgan fingerprint density at radius 1 is 1.50 bits per heavy atom. The Morgan fingerprint density at radius 3 is 2.50 bits per heavy atom. The molecule has 0 amide bonds. The first kappa shape index (κ1) is 14.1. The number of nitrogens with zero attached hydrogens (tertiary/aromatic N) is 1. The number of hydrogen-bond acceptors (Lipinski definition) is 4. The maximum Gasteiger partial charge on any atom is 0.325 e. The number of rotatable bonds is 3. The molecule has 88 valence electrons. The van der Waals surface area contributed by atoms with Gasteiger partial charge in [-0.05, 0) is 5.56 Å². The molecule has 16 heavy (non-hydrogen) atoms. The van der Waals surface area contributed by atoms with Gasteiger partial charge in [0.05, 0.1) is 4.92 Å². The number of aliphatic carboxylic acids is 1. The Bertz CT molecular complexity index is 379. The van der Waals surface area contributed by atoms with E-state index in [0.717, 1.165) is 6.07 Å². The summed E-state index contributed by atoms with van der Waals surface area (Å²) in [5.74, 6) is -1.22. The largest absolute Gasteiger partial charge is 0.480 e. The van der Waals surface area contributed by atoms with Crippen molar-refractivity contribution >= 4 is 11.7 Å². The number of benzene rings is 1. The van der Waals surface area contributed by atoms with Gasteiger partial charge in [-0.15, -0.1) is 0 Å². The summed E-state index contributed by atoms with van der Waals surface area (Å²) in [4.78, 5) is 20.2. The van der Waals surface area contributed by atoms with Crippen molar-refractivity contribution in [1.82, 2.24) is 0 Å². The van der Waals surface area contributed by atoms with E-state index < -0.39 is 16.9 Å². The molecule has 0 aliphatic carbocycles. The highest BCUT2D eigenvalue weighted by atomic mass is 16.6. The number of hydrogen-bond donors (Lipinski definition) is 2. The van der Waals surface area contributed by atoms with Gasteiger partial charge in [0.1, 0.15) is 6.04 Å². The van der Waals surface area contributed by atoms with Crippen LogP contribution in [0.5, 0.6) is 0 Å². The van der Waals surface area contributed by atoms with Crippen molar-refractivity contribution in [2.75, 3.05) is 0 Å². The first-order valence-electron chi connectivity index (χ1n) is 4.75. The fourth-order valence-corrected chi connectivity index (χ4v) is 0.974. The van der Waals surface area contributed by atoms with Crippen LogP contribution in [0, 0.1) is 10.1 Å². The molecule has 0 fully saturated rings. The second-order valence-corrected chi connectivity index (χ2v) is 2.67. The number of carbonyl (C=O) groups is 1. The summed E-state index contributed by atoms with van der Waals surface area (Å²) in [5, 5.41) is 18.9. The normalized spacial score (nSPS) is 10.9. The third kappa shape index (κ3) is 3.66. The Labute approximate surface area is 92.8 Å². The number of nitrogens with two attached hydrogens (primary N) is 1. The molecule has 0 saturated carbocycles. The molecule has 0 aliphatic heterocycles. The van der Waals surface area contributed by atoms with E-state index in [1.165, 1.54) is 18.2 Å². The van der Waals surface area contributed by atoms with E-state index >= 15 is 0 Å². The van der Waals surface area contributed by atoms with Crippen molar-refractivity contribution in [3.8, 4) is 0 Å². The van der Waals surface area contributed by atoms with Gasteiger partial charge in [-0.2, -0.15) is 0 Å². The minimum atomic E-state index is -1.23. The van der Waals surface area contributed by atoms with Crippen LogP contribution in [0.2, 0.25) is 0 Å². The third-order valence-corrected chi connectivity index (χ3v) is 1.71. The zero-order chi connectivity index (χ0) is 12.7. The molecule has 0 saturated heterocycles. The van der Waals surface area contributed by atoms with Crippen LogP contribution in [-0.2, 0) is 4.79 Å². The lowest BCUT2D eigenvalue weighted by atomic mass is 10.1. The summed E-state index contributed by atoms with van der Waals surface area (Å²) in [6, 6.07) is 4.04. The van der Waals surface area contributed by atoms with Gasteiger partial charge in [-0.1, -0.05) is 26.0 Å². The summed E-state index contributed by atoms with van der Waals surface area (Å²) in [6.07, 6.45) is 0. The topological polar surface area (TPSA) is 106 Å². The SMILES string of the molecule is CC.NC(C(=O)O)c1cccc([N+](=O)[O-])c1. The fourth-order valence-electron chi connectivity index (χ4n) is 0.974. The molecule has 0 bridgehead atoms.